The second-order valence-electron chi connectivity index (χ2n) is 5.10. The Balaban J connectivity index is 2.58. The van der Waals surface area contributed by atoms with E-state index in [0.29, 0.717) is 19.7 Å². The number of piperidine rings is 1. The predicted molar refractivity (Wildman–Crippen MR) is 73.4 cm³/mol. The van der Waals surface area contributed by atoms with Crippen LogP contribution in [0.4, 0.5) is 0 Å². The highest BCUT2D eigenvalue weighted by Crippen LogP contribution is 2.20. The van der Waals surface area contributed by atoms with E-state index < -0.39 is 0 Å². The number of likely N-dealkylation sites (tertiary alicyclic amines) is 1. The minimum Gasteiger partial charge on any atom is -0.466 e. The van der Waals surface area contributed by atoms with E-state index in [1.54, 1.807) is 11.8 Å². The summed E-state index contributed by atoms with van der Waals surface area (Å²) in [6.07, 6.45) is 3.43. The van der Waals surface area contributed by atoms with Gasteiger partial charge in [0.25, 0.3) is 0 Å². The van der Waals surface area contributed by atoms with E-state index in [4.69, 9.17) is 10.5 Å². The Morgan fingerprint density at radius 1 is 1.42 bits per heavy atom. The Morgan fingerprint density at radius 2 is 2.16 bits per heavy atom. The third-order valence-electron chi connectivity index (χ3n) is 3.62. The molecule has 110 valence electrons. The summed E-state index contributed by atoms with van der Waals surface area (Å²) in [7, 11) is 0. The van der Waals surface area contributed by atoms with Crippen LogP contribution in [0.1, 0.15) is 39.5 Å². The first kappa shape index (κ1) is 16.0. The first-order valence-electron chi connectivity index (χ1n) is 7.29. The number of carbonyl (C=O) groups is 2. The minimum absolute atomic E-state index is 0.0957. The van der Waals surface area contributed by atoms with Crippen molar-refractivity contribution in [3.8, 4) is 0 Å². The molecule has 1 amide bonds. The van der Waals surface area contributed by atoms with Crippen LogP contribution in [0.3, 0.4) is 0 Å². The van der Waals surface area contributed by atoms with Crippen LogP contribution in [0, 0.1) is 11.8 Å². The molecular weight excluding hydrogens is 244 g/mol. The zero-order valence-electron chi connectivity index (χ0n) is 12.1. The zero-order valence-corrected chi connectivity index (χ0v) is 12.1. The van der Waals surface area contributed by atoms with E-state index in [0.717, 1.165) is 32.2 Å². The lowest BCUT2D eigenvalue weighted by molar-refractivity contribution is -0.151. The van der Waals surface area contributed by atoms with Crippen LogP contribution in [-0.4, -0.2) is 43.0 Å². The molecule has 0 spiro atoms. The molecule has 0 aromatic rings. The van der Waals surface area contributed by atoms with Gasteiger partial charge in [-0.1, -0.05) is 13.3 Å². The molecule has 2 atom stereocenters. The number of amides is 1. The first-order valence-corrected chi connectivity index (χ1v) is 7.29. The van der Waals surface area contributed by atoms with Crippen molar-refractivity contribution in [1.82, 2.24) is 4.90 Å². The molecule has 5 nitrogen and oxygen atoms in total. The largest absolute Gasteiger partial charge is 0.466 e. The summed E-state index contributed by atoms with van der Waals surface area (Å²) < 4.78 is 5.04. The molecule has 0 radical (unpaired) electrons. The molecule has 1 saturated heterocycles. The molecule has 5 heteroatoms. The van der Waals surface area contributed by atoms with Crippen LogP contribution in [0.2, 0.25) is 0 Å². The third-order valence-corrected chi connectivity index (χ3v) is 3.62. The van der Waals surface area contributed by atoms with Gasteiger partial charge in [-0.15, -0.1) is 0 Å². The lowest BCUT2D eigenvalue weighted by Crippen LogP contribution is -2.46. The summed E-state index contributed by atoms with van der Waals surface area (Å²) >= 11 is 0. The minimum atomic E-state index is -0.181. The molecule has 0 saturated carbocycles. The maximum Gasteiger partial charge on any atom is 0.310 e. The fraction of sp³-hybridized carbons (Fsp3) is 0.857. The van der Waals surface area contributed by atoms with Gasteiger partial charge in [-0.2, -0.15) is 0 Å². The van der Waals surface area contributed by atoms with Gasteiger partial charge >= 0.3 is 5.97 Å². The van der Waals surface area contributed by atoms with Gasteiger partial charge in [0.2, 0.25) is 5.91 Å². The summed E-state index contributed by atoms with van der Waals surface area (Å²) in [5, 5.41) is 0. The van der Waals surface area contributed by atoms with Crippen molar-refractivity contribution < 1.29 is 14.3 Å². The van der Waals surface area contributed by atoms with Gasteiger partial charge in [0.15, 0.2) is 0 Å². The van der Waals surface area contributed by atoms with Gasteiger partial charge in [0.05, 0.1) is 18.4 Å². The molecule has 2 unspecified atom stereocenters. The molecule has 19 heavy (non-hydrogen) atoms. The van der Waals surface area contributed by atoms with E-state index in [-0.39, 0.29) is 23.7 Å². The maximum atomic E-state index is 12.3. The van der Waals surface area contributed by atoms with Crippen LogP contribution in [0.5, 0.6) is 0 Å². The lowest BCUT2D eigenvalue weighted by Gasteiger charge is -2.33. The van der Waals surface area contributed by atoms with Crippen molar-refractivity contribution in [3.63, 3.8) is 0 Å². The highest BCUT2D eigenvalue weighted by molar-refractivity contribution is 5.80. The summed E-state index contributed by atoms with van der Waals surface area (Å²) in [6.45, 7) is 5.84. The van der Waals surface area contributed by atoms with Crippen molar-refractivity contribution in [2.45, 2.75) is 39.5 Å². The lowest BCUT2D eigenvalue weighted by atomic mass is 9.95. The van der Waals surface area contributed by atoms with Crippen molar-refractivity contribution in [1.29, 1.82) is 0 Å². The molecule has 0 aliphatic carbocycles. The summed E-state index contributed by atoms with van der Waals surface area (Å²) in [5.41, 5.74) is 5.67. The molecule has 1 fully saturated rings. The number of esters is 1. The average Bonchev–Trinajstić information content (AvgIpc) is 2.44. The summed E-state index contributed by atoms with van der Waals surface area (Å²) in [4.78, 5) is 25.9. The number of ether oxygens (including phenoxy) is 1. The quantitative estimate of drug-likeness (QED) is 0.735. The van der Waals surface area contributed by atoms with E-state index in [2.05, 4.69) is 0 Å². The van der Waals surface area contributed by atoms with Crippen LogP contribution >= 0.6 is 0 Å². The van der Waals surface area contributed by atoms with E-state index in [1.165, 1.54) is 0 Å². The maximum absolute atomic E-state index is 12.3. The van der Waals surface area contributed by atoms with Crippen LogP contribution in [0.15, 0.2) is 0 Å². The van der Waals surface area contributed by atoms with E-state index in [9.17, 15) is 9.59 Å². The number of nitrogens with two attached hydrogens (primary N) is 1. The third kappa shape index (κ3) is 4.49. The average molecular weight is 270 g/mol. The van der Waals surface area contributed by atoms with Crippen molar-refractivity contribution in [3.05, 3.63) is 0 Å². The van der Waals surface area contributed by atoms with Crippen molar-refractivity contribution >= 4 is 11.9 Å². The molecule has 1 rings (SSSR count). The molecule has 1 heterocycles. The Labute approximate surface area is 115 Å². The number of hydrogen-bond acceptors (Lipinski definition) is 4. The molecule has 0 aromatic carbocycles. The molecule has 1 aliphatic rings. The fourth-order valence-electron chi connectivity index (χ4n) is 2.58. The van der Waals surface area contributed by atoms with E-state index >= 15 is 0 Å². The van der Waals surface area contributed by atoms with Crippen molar-refractivity contribution in [2.75, 3.05) is 26.2 Å². The monoisotopic (exact) mass is 270 g/mol. The van der Waals surface area contributed by atoms with Crippen molar-refractivity contribution in [2.24, 2.45) is 17.6 Å². The van der Waals surface area contributed by atoms with Gasteiger partial charge in [-0.3, -0.25) is 9.59 Å². The highest BCUT2D eigenvalue weighted by Gasteiger charge is 2.31. The summed E-state index contributed by atoms with van der Waals surface area (Å²) in [6, 6.07) is 0. The standard InChI is InChI=1S/C14H26N2O3/c1-3-6-11(9-15)13(17)16-8-5-7-12(10-16)14(18)19-4-2/h11-12H,3-10,15H2,1-2H3. The Morgan fingerprint density at radius 3 is 2.74 bits per heavy atom. The van der Waals surface area contributed by atoms with Gasteiger partial charge in [0.1, 0.15) is 0 Å². The Bertz CT molecular complexity index is 307. The molecule has 0 bridgehead atoms. The molecule has 2 N–H and O–H groups in total. The van der Waals surface area contributed by atoms with Gasteiger partial charge in [0, 0.05) is 19.6 Å². The van der Waals surface area contributed by atoms with E-state index in [1.807, 2.05) is 6.92 Å². The molecule has 1 aliphatic heterocycles. The molecule has 0 aromatic heterocycles. The van der Waals surface area contributed by atoms with Gasteiger partial charge in [-0.05, 0) is 26.2 Å². The number of rotatable bonds is 6. The number of nitrogens with zero attached hydrogens (tertiary/aromatic N) is 1. The highest BCUT2D eigenvalue weighted by atomic mass is 16.5. The SMILES string of the molecule is CCCC(CN)C(=O)N1CCCC(C(=O)OCC)C1. The second kappa shape index (κ2) is 8.15. The topological polar surface area (TPSA) is 72.6 Å². The second-order valence-corrected chi connectivity index (χ2v) is 5.10. The fourth-order valence-corrected chi connectivity index (χ4v) is 2.58. The van der Waals surface area contributed by atoms with Crippen LogP contribution < -0.4 is 5.73 Å². The predicted octanol–water partition coefficient (Wildman–Crippen LogP) is 1.16. The normalized spacial score (nSPS) is 21.0. The summed E-state index contributed by atoms with van der Waals surface area (Å²) in [5.74, 6) is -0.359. The van der Waals surface area contributed by atoms with Gasteiger partial charge < -0.3 is 15.4 Å². The zero-order chi connectivity index (χ0) is 14.3. The first-order chi connectivity index (χ1) is 9.13. The smallest absolute Gasteiger partial charge is 0.310 e. The molecular formula is C14H26N2O3. The number of carbonyl (C=O) groups excluding carboxylic acids is 2. The Kier molecular flexibility index (Phi) is 6.84. The number of hydrogen-bond donors (Lipinski definition) is 1. The Hall–Kier alpha value is -1.10. The van der Waals surface area contributed by atoms with Crippen LogP contribution in [-0.2, 0) is 14.3 Å². The van der Waals surface area contributed by atoms with Crippen LogP contribution in [0.25, 0.3) is 0 Å². The van der Waals surface area contributed by atoms with Gasteiger partial charge in [-0.25, -0.2) is 0 Å².